The third kappa shape index (κ3) is 4.59. The van der Waals surface area contributed by atoms with Crippen molar-refractivity contribution in [1.82, 2.24) is 5.32 Å². The number of hydrogen-bond acceptors (Lipinski definition) is 2. The van der Waals surface area contributed by atoms with E-state index >= 15 is 0 Å². The molecule has 0 radical (unpaired) electrons. The summed E-state index contributed by atoms with van der Waals surface area (Å²) in [6.45, 7) is 1.98. The molecule has 0 aromatic heterocycles. The first kappa shape index (κ1) is 17.5. The number of carbonyl (C=O) groups is 1. The fourth-order valence-corrected chi connectivity index (χ4v) is 3.31. The van der Waals surface area contributed by atoms with Crippen LogP contribution in [-0.4, -0.2) is 12.5 Å². The average Bonchev–Trinajstić information content (AvgIpc) is 2.65. The molecule has 1 unspecified atom stereocenters. The molecule has 1 aliphatic rings. The number of nitrogens with one attached hydrogen (secondary N) is 1. The van der Waals surface area contributed by atoms with Gasteiger partial charge in [0, 0.05) is 0 Å². The molecule has 1 aliphatic carbocycles. The number of benzene rings is 2. The molecule has 0 aliphatic heterocycles. The zero-order valence-electron chi connectivity index (χ0n) is 14.6. The van der Waals surface area contributed by atoms with Gasteiger partial charge in [-0.3, -0.25) is 4.79 Å². The maximum absolute atomic E-state index is 12.9. The van der Waals surface area contributed by atoms with Crippen molar-refractivity contribution >= 4 is 5.91 Å². The Hall–Kier alpha value is -2.36. The summed E-state index contributed by atoms with van der Waals surface area (Å²) in [5.41, 5.74) is 4.01. The maximum Gasteiger partial charge on any atom is 0.258 e. The fraction of sp³-hybridized carbons (Fsp3) is 0.381. The lowest BCUT2D eigenvalue weighted by atomic mass is 9.89. The van der Waals surface area contributed by atoms with E-state index in [0.717, 1.165) is 24.8 Å². The van der Waals surface area contributed by atoms with Crippen LogP contribution in [0.4, 0.5) is 4.39 Å². The summed E-state index contributed by atoms with van der Waals surface area (Å²) in [4.78, 5) is 12.2. The third-order valence-corrected chi connectivity index (χ3v) is 4.70. The Morgan fingerprint density at radius 2 is 1.84 bits per heavy atom. The van der Waals surface area contributed by atoms with E-state index in [0.29, 0.717) is 5.75 Å². The van der Waals surface area contributed by atoms with E-state index in [9.17, 15) is 9.18 Å². The maximum atomic E-state index is 12.9. The first-order chi connectivity index (χ1) is 12.2. The van der Waals surface area contributed by atoms with E-state index in [4.69, 9.17) is 4.74 Å². The molecule has 25 heavy (non-hydrogen) atoms. The number of aryl methyl sites for hydroxylation is 2. The minimum atomic E-state index is -0.324. The van der Waals surface area contributed by atoms with Gasteiger partial charge < -0.3 is 10.1 Å². The highest BCUT2D eigenvalue weighted by molar-refractivity contribution is 5.78. The van der Waals surface area contributed by atoms with Crippen LogP contribution in [0.2, 0.25) is 0 Å². The predicted molar refractivity (Wildman–Crippen MR) is 96.2 cm³/mol. The number of fused-ring (bicyclic) bond motifs is 1. The van der Waals surface area contributed by atoms with Gasteiger partial charge in [0.25, 0.3) is 5.91 Å². The molecule has 0 fully saturated rings. The lowest BCUT2D eigenvalue weighted by molar-refractivity contribution is -0.123. The van der Waals surface area contributed by atoms with Crippen molar-refractivity contribution in [3.63, 3.8) is 0 Å². The molecule has 2 aromatic carbocycles. The Kier molecular flexibility index (Phi) is 5.69. The van der Waals surface area contributed by atoms with Crippen molar-refractivity contribution in [2.24, 2.45) is 0 Å². The van der Waals surface area contributed by atoms with Crippen LogP contribution in [0.3, 0.4) is 0 Å². The van der Waals surface area contributed by atoms with Crippen LogP contribution < -0.4 is 10.1 Å². The molecule has 1 amide bonds. The van der Waals surface area contributed by atoms with Gasteiger partial charge in [0.1, 0.15) is 11.6 Å². The molecule has 1 N–H and O–H groups in total. The number of carbonyl (C=O) groups excluding carboxylic acids is 1. The Morgan fingerprint density at radius 3 is 2.56 bits per heavy atom. The summed E-state index contributed by atoms with van der Waals surface area (Å²) in [7, 11) is 0. The van der Waals surface area contributed by atoms with Crippen LogP contribution in [-0.2, 0) is 17.6 Å². The first-order valence-electron chi connectivity index (χ1n) is 8.95. The Labute approximate surface area is 148 Å². The van der Waals surface area contributed by atoms with Crippen LogP contribution in [0.5, 0.6) is 5.75 Å². The molecule has 4 heteroatoms. The highest BCUT2D eigenvalue weighted by atomic mass is 19.1. The van der Waals surface area contributed by atoms with Crippen LogP contribution in [0.15, 0.2) is 42.5 Å². The van der Waals surface area contributed by atoms with Gasteiger partial charge in [0.15, 0.2) is 6.61 Å². The first-order valence-corrected chi connectivity index (χ1v) is 8.95. The Balaban J connectivity index is 1.59. The smallest absolute Gasteiger partial charge is 0.258 e. The number of halogens is 1. The van der Waals surface area contributed by atoms with E-state index in [1.165, 1.54) is 48.2 Å². The van der Waals surface area contributed by atoms with Crippen molar-refractivity contribution in [2.75, 3.05) is 6.61 Å². The molecule has 0 heterocycles. The van der Waals surface area contributed by atoms with Gasteiger partial charge in [-0.05, 0) is 73.1 Å². The highest BCUT2D eigenvalue weighted by Gasteiger charge is 2.16. The molecule has 3 rings (SSSR count). The number of amides is 1. The van der Waals surface area contributed by atoms with Gasteiger partial charge >= 0.3 is 0 Å². The van der Waals surface area contributed by atoms with E-state index in [1.807, 2.05) is 0 Å². The summed E-state index contributed by atoms with van der Waals surface area (Å²) in [5, 5.41) is 3.03. The van der Waals surface area contributed by atoms with Crippen molar-refractivity contribution < 1.29 is 13.9 Å². The van der Waals surface area contributed by atoms with E-state index < -0.39 is 0 Å². The van der Waals surface area contributed by atoms with Crippen LogP contribution in [0.1, 0.15) is 48.9 Å². The number of hydrogen-bond donors (Lipinski definition) is 1. The van der Waals surface area contributed by atoms with Crippen LogP contribution >= 0.6 is 0 Å². The minimum absolute atomic E-state index is 0.0171. The minimum Gasteiger partial charge on any atom is -0.484 e. The largest absolute Gasteiger partial charge is 0.484 e. The Bertz CT molecular complexity index is 727. The average molecular weight is 341 g/mol. The topological polar surface area (TPSA) is 38.3 Å². The molecule has 2 aromatic rings. The standard InChI is InChI=1S/C21H24FNO2/c1-2-20(17-8-7-15-5-3-4-6-16(15)13-17)23-21(24)14-25-19-11-9-18(22)10-12-19/h7-13,20H,2-6,14H2,1H3,(H,23,24). The quantitative estimate of drug-likeness (QED) is 0.848. The van der Waals surface area contributed by atoms with Crippen molar-refractivity contribution in [2.45, 2.75) is 45.1 Å². The molecular weight excluding hydrogens is 317 g/mol. The summed E-state index contributed by atoms with van der Waals surface area (Å²) >= 11 is 0. The molecule has 0 saturated heterocycles. The molecule has 0 saturated carbocycles. The summed E-state index contributed by atoms with van der Waals surface area (Å²) in [5.74, 6) is -0.0115. The molecule has 3 nitrogen and oxygen atoms in total. The summed E-state index contributed by atoms with van der Waals surface area (Å²) < 4.78 is 18.3. The van der Waals surface area contributed by atoms with Crippen LogP contribution in [0, 0.1) is 5.82 Å². The SMILES string of the molecule is CCC(NC(=O)COc1ccc(F)cc1)c1ccc2c(c1)CCCC2. The normalized spacial score (nSPS) is 14.5. The second kappa shape index (κ2) is 8.15. The van der Waals surface area contributed by atoms with Crippen molar-refractivity contribution in [3.05, 3.63) is 65.0 Å². The molecule has 132 valence electrons. The monoisotopic (exact) mass is 341 g/mol. The lowest BCUT2D eigenvalue weighted by Crippen LogP contribution is -2.32. The zero-order chi connectivity index (χ0) is 17.6. The van der Waals surface area contributed by atoms with Gasteiger partial charge in [0.2, 0.25) is 0 Å². The zero-order valence-corrected chi connectivity index (χ0v) is 14.6. The van der Waals surface area contributed by atoms with E-state index in [2.05, 4.69) is 30.4 Å². The van der Waals surface area contributed by atoms with E-state index in [-0.39, 0.29) is 24.4 Å². The van der Waals surface area contributed by atoms with E-state index in [1.54, 1.807) is 0 Å². The van der Waals surface area contributed by atoms with Gasteiger partial charge in [-0.25, -0.2) is 4.39 Å². The molecule has 1 atom stereocenters. The molecule has 0 bridgehead atoms. The van der Waals surface area contributed by atoms with Gasteiger partial charge in [-0.15, -0.1) is 0 Å². The second-order valence-electron chi connectivity index (χ2n) is 6.51. The van der Waals surface area contributed by atoms with Gasteiger partial charge in [0.05, 0.1) is 6.04 Å². The van der Waals surface area contributed by atoms with Gasteiger partial charge in [-0.2, -0.15) is 0 Å². The predicted octanol–water partition coefficient (Wildman–Crippen LogP) is 4.35. The lowest BCUT2D eigenvalue weighted by Gasteiger charge is -2.21. The Morgan fingerprint density at radius 1 is 1.12 bits per heavy atom. The van der Waals surface area contributed by atoms with Crippen molar-refractivity contribution in [3.8, 4) is 5.75 Å². The summed E-state index contributed by atoms with van der Waals surface area (Å²) in [6, 6.07) is 12.2. The molecular formula is C21H24FNO2. The third-order valence-electron chi connectivity index (χ3n) is 4.70. The van der Waals surface area contributed by atoms with Gasteiger partial charge in [-0.1, -0.05) is 25.1 Å². The van der Waals surface area contributed by atoms with Crippen LogP contribution in [0.25, 0.3) is 0 Å². The highest BCUT2D eigenvalue weighted by Crippen LogP contribution is 2.26. The summed E-state index contributed by atoms with van der Waals surface area (Å²) in [6.07, 6.45) is 5.61. The fourth-order valence-electron chi connectivity index (χ4n) is 3.31. The molecule has 0 spiro atoms. The number of ether oxygens (including phenoxy) is 1. The number of rotatable bonds is 6. The second-order valence-corrected chi connectivity index (χ2v) is 6.51. The van der Waals surface area contributed by atoms with Crippen molar-refractivity contribution in [1.29, 1.82) is 0 Å².